The number of carbonyl (C=O) groups is 2. The summed E-state index contributed by atoms with van der Waals surface area (Å²) in [6.07, 6.45) is 1.76. The van der Waals surface area contributed by atoms with Crippen molar-refractivity contribution in [2.45, 2.75) is 19.3 Å². The molecule has 0 saturated carbocycles. The molecule has 3 N–H and O–H groups in total. The molecule has 0 bridgehead atoms. The van der Waals surface area contributed by atoms with Crippen LogP contribution in [0.25, 0.3) is 0 Å². The number of aliphatic carboxylic acids is 1. The Morgan fingerprint density at radius 3 is 2.90 bits per heavy atom. The van der Waals surface area contributed by atoms with Crippen molar-refractivity contribution in [3.05, 3.63) is 23.8 Å². The minimum absolute atomic E-state index is 0.0139. The molecular formula is C15H20N2O4. The van der Waals surface area contributed by atoms with Crippen LogP contribution in [0.3, 0.4) is 0 Å². The summed E-state index contributed by atoms with van der Waals surface area (Å²) in [6, 6.07) is 4.93. The molecule has 1 aromatic carbocycles. The molecular weight excluding hydrogens is 272 g/mol. The van der Waals surface area contributed by atoms with Crippen molar-refractivity contribution < 1.29 is 19.4 Å². The van der Waals surface area contributed by atoms with E-state index in [9.17, 15) is 9.59 Å². The fourth-order valence-electron chi connectivity index (χ4n) is 2.72. The number of carbonyl (C=O) groups excluding carboxylic acids is 1. The fourth-order valence-corrected chi connectivity index (χ4v) is 2.72. The number of carboxylic acids is 1. The molecule has 1 saturated heterocycles. The second-order valence-electron chi connectivity index (χ2n) is 5.32. The maximum Gasteiger partial charge on any atom is 0.303 e. The Kier molecular flexibility index (Phi) is 4.67. The fraction of sp³-hybridized carbons (Fsp3) is 0.467. The van der Waals surface area contributed by atoms with Gasteiger partial charge in [-0.1, -0.05) is 0 Å². The number of amides is 1. The summed E-state index contributed by atoms with van der Waals surface area (Å²) in [5.74, 6) is -0.498. The van der Waals surface area contributed by atoms with E-state index in [0.29, 0.717) is 30.1 Å². The van der Waals surface area contributed by atoms with Gasteiger partial charge in [0.2, 0.25) is 0 Å². The van der Waals surface area contributed by atoms with Crippen LogP contribution in [0.2, 0.25) is 0 Å². The van der Waals surface area contributed by atoms with E-state index in [2.05, 4.69) is 0 Å². The molecule has 6 nitrogen and oxygen atoms in total. The van der Waals surface area contributed by atoms with Crippen molar-refractivity contribution in [1.29, 1.82) is 0 Å². The molecule has 1 fully saturated rings. The number of methoxy groups -OCH3 is 1. The van der Waals surface area contributed by atoms with E-state index in [0.717, 1.165) is 12.8 Å². The van der Waals surface area contributed by atoms with Crippen molar-refractivity contribution in [2.75, 3.05) is 25.9 Å². The van der Waals surface area contributed by atoms with Crippen molar-refractivity contribution in [1.82, 2.24) is 4.90 Å². The average Bonchev–Trinajstić information content (AvgIpc) is 2.46. The van der Waals surface area contributed by atoms with Crippen LogP contribution >= 0.6 is 0 Å². The van der Waals surface area contributed by atoms with Gasteiger partial charge < -0.3 is 20.5 Å². The van der Waals surface area contributed by atoms with E-state index >= 15 is 0 Å². The monoisotopic (exact) mass is 292 g/mol. The molecule has 0 radical (unpaired) electrons. The molecule has 1 aliphatic rings. The van der Waals surface area contributed by atoms with Crippen LogP contribution in [-0.4, -0.2) is 42.1 Å². The first-order valence-corrected chi connectivity index (χ1v) is 6.96. The summed E-state index contributed by atoms with van der Waals surface area (Å²) in [4.78, 5) is 25.1. The van der Waals surface area contributed by atoms with Gasteiger partial charge in [-0.05, 0) is 30.9 Å². The van der Waals surface area contributed by atoms with E-state index < -0.39 is 5.97 Å². The molecule has 0 aromatic heterocycles. The van der Waals surface area contributed by atoms with Gasteiger partial charge in [0, 0.05) is 31.3 Å². The molecule has 6 heteroatoms. The summed E-state index contributed by atoms with van der Waals surface area (Å²) in [6.45, 7) is 1.11. The Bertz CT molecular complexity index is 544. The number of nitrogen functional groups attached to an aromatic ring is 1. The van der Waals surface area contributed by atoms with Crippen LogP contribution in [0, 0.1) is 5.92 Å². The number of anilines is 1. The quantitative estimate of drug-likeness (QED) is 0.822. The van der Waals surface area contributed by atoms with Crippen molar-refractivity contribution in [3.63, 3.8) is 0 Å². The van der Waals surface area contributed by atoms with E-state index in [1.807, 2.05) is 0 Å². The van der Waals surface area contributed by atoms with E-state index in [4.69, 9.17) is 15.6 Å². The highest BCUT2D eigenvalue weighted by atomic mass is 16.5. The van der Waals surface area contributed by atoms with Crippen LogP contribution in [0.4, 0.5) is 5.69 Å². The molecule has 1 heterocycles. The minimum Gasteiger partial charge on any atom is -0.496 e. The Morgan fingerprint density at radius 1 is 1.48 bits per heavy atom. The number of nitrogens with two attached hydrogens (primary N) is 1. The van der Waals surface area contributed by atoms with Gasteiger partial charge >= 0.3 is 5.97 Å². The topological polar surface area (TPSA) is 92.9 Å². The molecule has 1 atom stereocenters. The zero-order valence-corrected chi connectivity index (χ0v) is 12.0. The third kappa shape index (κ3) is 3.65. The van der Waals surface area contributed by atoms with Crippen LogP contribution in [0.1, 0.15) is 29.6 Å². The number of hydrogen-bond acceptors (Lipinski definition) is 4. The Morgan fingerprint density at radius 2 is 2.24 bits per heavy atom. The zero-order chi connectivity index (χ0) is 15.4. The summed E-state index contributed by atoms with van der Waals surface area (Å²) >= 11 is 0. The number of ether oxygens (including phenoxy) is 1. The van der Waals surface area contributed by atoms with Gasteiger partial charge in [-0.15, -0.1) is 0 Å². The van der Waals surface area contributed by atoms with Crippen LogP contribution < -0.4 is 10.5 Å². The SMILES string of the molecule is COc1cc(N)ccc1C(=O)N1CCCC(CC(=O)O)C1. The number of benzene rings is 1. The number of rotatable bonds is 4. The maximum atomic E-state index is 12.6. The van der Waals surface area contributed by atoms with Gasteiger partial charge in [0.15, 0.2) is 0 Å². The normalized spacial score (nSPS) is 18.3. The Hall–Kier alpha value is -2.24. The van der Waals surface area contributed by atoms with Gasteiger partial charge in [-0.2, -0.15) is 0 Å². The molecule has 1 amide bonds. The standard InChI is InChI=1S/C15H20N2O4/c1-21-13-8-11(16)4-5-12(13)15(20)17-6-2-3-10(9-17)7-14(18)19/h4-5,8,10H,2-3,6-7,9,16H2,1H3,(H,18,19). The van der Waals surface area contributed by atoms with Crippen molar-refractivity contribution in [3.8, 4) is 5.75 Å². The first-order chi connectivity index (χ1) is 10.0. The number of piperidine rings is 1. The first kappa shape index (κ1) is 15.2. The third-order valence-electron chi connectivity index (χ3n) is 3.73. The van der Waals surface area contributed by atoms with Crippen LogP contribution in [0.15, 0.2) is 18.2 Å². The Balaban J connectivity index is 2.14. The summed E-state index contributed by atoms with van der Waals surface area (Å²) < 4.78 is 5.21. The van der Waals surface area contributed by atoms with Crippen LogP contribution in [0.5, 0.6) is 5.75 Å². The molecule has 2 rings (SSSR count). The average molecular weight is 292 g/mol. The largest absolute Gasteiger partial charge is 0.496 e. The highest BCUT2D eigenvalue weighted by Gasteiger charge is 2.27. The molecule has 21 heavy (non-hydrogen) atoms. The minimum atomic E-state index is -0.820. The van der Waals surface area contributed by atoms with Crippen molar-refractivity contribution in [2.24, 2.45) is 5.92 Å². The lowest BCUT2D eigenvalue weighted by Crippen LogP contribution is -2.40. The zero-order valence-electron chi connectivity index (χ0n) is 12.0. The predicted molar refractivity (Wildman–Crippen MR) is 78.3 cm³/mol. The van der Waals surface area contributed by atoms with Gasteiger partial charge in [0.05, 0.1) is 12.7 Å². The number of likely N-dealkylation sites (tertiary alicyclic amines) is 1. The maximum absolute atomic E-state index is 12.6. The first-order valence-electron chi connectivity index (χ1n) is 6.96. The van der Waals surface area contributed by atoms with Crippen LogP contribution in [-0.2, 0) is 4.79 Å². The predicted octanol–water partition coefficient (Wildman–Crippen LogP) is 1.60. The lowest BCUT2D eigenvalue weighted by molar-refractivity contribution is -0.138. The third-order valence-corrected chi connectivity index (χ3v) is 3.73. The second-order valence-corrected chi connectivity index (χ2v) is 5.32. The highest BCUT2D eigenvalue weighted by Crippen LogP contribution is 2.26. The Labute approximate surface area is 123 Å². The van der Waals surface area contributed by atoms with Gasteiger partial charge in [-0.3, -0.25) is 9.59 Å². The number of nitrogens with zero attached hydrogens (tertiary/aromatic N) is 1. The lowest BCUT2D eigenvalue weighted by Gasteiger charge is -2.32. The summed E-state index contributed by atoms with van der Waals surface area (Å²) in [5.41, 5.74) is 6.68. The number of hydrogen-bond donors (Lipinski definition) is 2. The smallest absolute Gasteiger partial charge is 0.303 e. The van der Waals surface area contributed by atoms with E-state index in [1.54, 1.807) is 23.1 Å². The lowest BCUT2D eigenvalue weighted by atomic mass is 9.94. The van der Waals surface area contributed by atoms with Gasteiger partial charge in [0.25, 0.3) is 5.91 Å². The molecule has 1 unspecified atom stereocenters. The van der Waals surface area contributed by atoms with Crippen molar-refractivity contribution >= 4 is 17.6 Å². The molecule has 1 aliphatic heterocycles. The molecule has 114 valence electrons. The molecule has 0 spiro atoms. The van der Waals surface area contributed by atoms with E-state index in [1.165, 1.54) is 7.11 Å². The van der Waals surface area contributed by atoms with Gasteiger partial charge in [-0.25, -0.2) is 0 Å². The summed E-state index contributed by atoms with van der Waals surface area (Å²) in [5, 5.41) is 8.88. The summed E-state index contributed by atoms with van der Waals surface area (Å²) in [7, 11) is 1.50. The number of carboxylic acid groups (broad SMARTS) is 1. The highest BCUT2D eigenvalue weighted by molar-refractivity contribution is 5.97. The van der Waals surface area contributed by atoms with E-state index in [-0.39, 0.29) is 18.2 Å². The van der Waals surface area contributed by atoms with Gasteiger partial charge in [0.1, 0.15) is 5.75 Å². The second kappa shape index (κ2) is 6.47. The molecule has 1 aromatic rings. The molecule has 0 aliphatic carbocycles.